The molecule has 0 aliphatic rings. The van der Waals surface area contributed by atoms with Crippen molar-refractivity contribution in [2.24, 2.45) is 5.73 Å². The van der Waals surface area contributed by atoms with E-state index >= 15 is 0 Å². The fraction of sp³-hybridized carbons (Fsp3) is 0.333. The molecule has 0 heterocycles. The van der Waals surface area contributed by atoms with E-state index in [4.69, 9.17) is 5.73 Å². The lowest BCUT2D eigenvalue weighted by Crippen LogP contribution is -2.28. The molecule has 0 radical (unpaired) electrons. The van der Waals surface area contributed by atoms with Crippen LogP contribution >= 0.6 is 12.4 Å². The van der Waals surface area contributed by atoms with Crippen molar-refractivity contribution in [3.8, 4) is 0 Å². The highest BCUT2D eigenvalue weighted by Gasteiger charge is 2.06. The molecule has 0 aliphatic carbocycles. The second kappa shape index (κ2) is 7.81. The van der Waals surface area contributed by atoms with Crippen LogP contribution in [0.3, 0.4) is 0 Å². The standard InChI is InChI=1S/C12H16N2O2.ClH/c1-2-11(15)9-3-5-10(6-4-9)12(16)14-8-7-13;/h3-6H,2,7-8,13H2,1H3,(H,14,16);1H. The SMILES string of the molecule is CCC(=O)c1ccc(C(=O)NCCN)cc1.Cl. The summed E-state index contributed by atoms with van der Waals surface area (Å²) in [6.07, 6.45) is 0.471. The molecule has 0 unspecified atom stereocenters. The lowest BCUT2D eigenvalue weighted by molar-refractivity contribution is 0.0951. The van der Waals surface area contributed by atoms with Crippen molar-refractivity contribution in [2.75, 3.05) is 13.1 Å². The number of carbonyl (C=O) groups excluding carboxylic acids is 2. The molecule has 4 nitrogen and oxygen atoms in total. The molecule has 5 heteroatoms. The zero-order chi connectivity index (χ0) is 12.0. The Morgan fingerprint density at radius 3 is 2.18 bits per heavy atom. The Morgan fingerprint density at radius 1 is 1.18 bits per heavy atom. The number of carbonyl (C=O) groups is 2. The molecule has 0 bridgehead atoms. The minimum atomic E-state index is -0.166. The monoisotopic (exact) mass is 256 g/mol. The highest BCUT2D eigenvalue weighted by atomic mass is 35.5. The van der Waals surface area contributed by atoms with Crippen LogP contribution in [0.15, 0.2) is 24.3 Å². The molecule has 17 heavy (non-hydrogen) atoms. The third kappa shape index (κ3) is 4.54. The van der Waals surface area contributed by atoms with Crippen LogP contribution in [0, 0.1) is 0 Å². The van der Waals surface area contributed by atoms with Crippen LogP contribution in [0.1, 0.15) is 34.1 Å². The molecule has 0 saturated carbocycles. The van der Waals surface area contributed by atoms with Gasteiger partial charge in [-0.25, -0.2) is 0 Å². The summed E-state index contributed by atoms with van der Waals surface area (Å²) in [6.45, 7) is 2.68. The number of hydrogen-bond acceptors (Lipinski definition) is 3. The van der Waals surface area contributed by atoms with Gasteiger partial charge in [-0.05, 0) is 12.1 Å². The zero-order valence-electron chi connectivity index (χ0n) is 9.73. The van der Waals surface area contributed by atoms with Crippen LogP contribution < -0.4 is 11.1 Å². The number of nitrogens with one attached hydrogen (secondary N) is 1. The van der Waals surface area contributed by atoms with E-state index in [9.17, 15) is 9.59 Å². The third-order valence-electron chi connectivity index (χ3n) is 2.22. The van der Waals surface area contributed by atoms with Gasteiger partial charge in [-0.2, -0.15) is 0 Å². The van der Waals surface area contributed by atoms with Crippen LogP contribution in [-0.4, -0.2) is 24.8 Å². The summed E-state index contributed by atoms with van der Waals surface area (Å²) < 4.78 is 0. The molecule has 0 aromatic heterocycles. The summed E-state index contributed by atoms with van der Waals surface area (Å²) >= 11 is 0. The number of amides is 1. The molecular formula is C12H17ClN2O2. The van der Waals surface area contributed by atoms with E-state index in [0.29, 0.717) is 30.6 Å². The van der Waals surface area contributed by atoms with E-state index in [-0.39, 0.29) is 24.1 Å². The lowest BCUT2D eigenvalue weighted by atomic mass is 10.1. The number of ketones is 1. The van der Waals surface area contributed by atoms with Crippen molar-refractivity contribution in [3.05, 3.63) is 35.4 Å². The Bertz CT molecular complexity index is 377. The van der Waals surface area contributed by atoms with Gasteiger partial charge in [0.05, 0.1) is 0 Å². The van der Waals surface area contributed by atoms with Gasteiger partial charge >= 0.3 is 0 Å². The number of nitrogens with two attached hydrogens (primary N) is 1. The molecule has 3 N–H and O–H groups in total. The van der Waals surface area contributed by atoms with Crippen LogP contribution in [0.5, 0.6) is 0 Å². The average molecular weight is 257 g/mol. The Balaban J connectivity index is 0.00000256. The number of rotatable bonds is 5. The fourth-order valence-corrected chi connectivity index (χ4v) is 1.30. The van der Waals surface area contributed by atoms with Gasteiger partial charge in [-0.3, -0.25) is 9.59 Å². The van der Waals surface area contributed by atoms with E-state index in [1.807, 2.05) is 6.92 Å². The summed E-state index contributed by atoms with van der Waals surface area (Å²) in [5.74, 6) is -0.0881. The second-order valence-electron chi connectivity index (χ2n) is 3.40. The molecule has 0 aliphatic heterocycles. The van der Waals surface area contributed by atoms with Crippen molar-refractivity contribution in [1.82, 2.24) is 5.32 Å². The van der Waals surface area contributed by atoms with Crippen LogP contribution in [-0.2, 0) is 0 Å². The van der Waals surface area contributed by atoms with Gasteiger partial charge in [0.1, 0.15) is 0 Å². The molecule has 0 fully saturated rings. The average Bonchev–Trinajstić information content (AvgIpc) is 2.35. The Morgan fingerprint density at radius 2 is 1.71 bits per heavy atom. The van der Waals surface area contributed by atoms with Gasteiger partial charge in [0.2, 0.25) is 0 Å². The molecule has 0 spiro atoms. The van der Waals surface area contributed by atoms with Crippen LogP contribution in [0.2, 0.25) is 0 Å². The molecular weight excluding hydrogens is 240 g/mol. The highest BCUT2D eigenvalue weighted by Crippen LogP contribution is 2.06. The quantitative estimate of drug-likeness (QED) is 0.782. The first-order valence-electron chi connectivity index (χ1n) is 5.30. The lowest BCUT2D eigenvalue weighted by Gasteiger charge is -2.04. The summed E-state index contributed by atoms with van der Waals surface area (Å²) in [7, 11) is 0. The van der Waals surface area contributed by atoms with E-state index in [0.717, 1.165) is 0 Å². The van der Waals surface area contributed by atoms with Gasteiger partial charge in [0, 0.05) is 30.6 Å². The van der Waals surface area contributed by atoms with Crippen LogP contribution in [0.25, 0.3) is 0 Å². The normalized spacial score (nSPS) is 9.29. The minimum Gasteiger partial charge on any atom is -0.351 e. The van der Waals surface area contributed by atoms with Gasteiger partial charge in [-0.1, -0.05) is 19.1 Å². The maximum atomic E-state index is 11.5. The fourth-order valence-electron chi connectivity index (χ4n) is 1.30. The predicted octanol–water partition coefficient (Wildman–Crippen LogP) is 1.39. The summed E-state index contributed by atoms with van der Waals surface area (Å²) in [6, 6.07) is 6.63. The van der Waals surface area contributed by atoms with Gasteiger partial charge < -0.3 is 11.1 Å². The molecule has 1 amide bonds. The number of halogens is 1. The largest absolute Gasteiger partial charge is 0.351 e. The molecule has 1 aromatic carbocycles. The first kappa shape index (κ1) is 15.6. The van der Waals surface area contributed by atoms with Gasteiger partial charge in [-0.15, -0.1) is 12.4 Å². The zero-order valence-corrected chi connectivity index (χ0v) is 10.5. The number of hydrogen-bond donors (Lipinski definition) is 2. The maximum Gasteiger partial charge on any atom is 0.251 e. The van der Waals surface area contributed by atoms with Crippen molar-refractivity contribution < 1.29 is 9.59 Å². The summed E-state index contributed by atoms with van der Waals surface area (Å²) in [5.41, 5.74) is 6.46. The first-order chi connectivity index (χ1) is 7.69. The smallest absolute Gasteiger partial charge is 0.251 e. The minimum absolute atomic E-state index is 0. The first-order valence-corrected chi connectivity index (χ1v) is 5.30. The summed E-state index contributed by atoms with van der Waals surface area (Å²) in [5, 5.41) is 2.66. The van der Waals surface area contributed by atoms with Crippen molar-refractivity contribution in [3.63, 3.8) is 0 Å². The third-order valence-corrected chi connectivity index (χ3v) is 2.22. The molecule has 94 valence electrons. The van der Waals surface area contributed by atoms with Gasteiger partial charge in [0.15, 0.2) is 5.78 Å². The van der Waals surface area contributed by atoms with Crippen molar-refractivity contribution in [2.45, 2.75) is 13.3 Å². The summed E-state index contributed by atoms with van der Waals surface area (Å²) in [4.78, 5) is 22.9. The predicted molar refractivity (Wildman–Crippen MR) is 69.7 cm³/mol. The highest BCUT2D eigenvalue weighted by molar-refractivity contribution is 5.98. The van der Waals surface area contributed by atoms with Crippen molar-refractivity contribution in [1.29, 1.82) is 0 Å². The molecule has 0 atom stereocenters. The van der Waals surface area contributed by atoms with E-state index in [2.05, 4.69) is 5.32 Å². The Labute approximate surface area is 107 Å². The van der Waals surface area contributed by atoms with E-state index in [1.54, 1.807) is 24.3 Å². The van der Waals surface area contributed by atoms with E-state index < -0.39 is 0 Å². The van der Waals surface area contributed by atoms with Crippen LogP contribution in [0.4, 0.5) is 0 Å². The molecule has 1 rings (SSSR count). The number of benzene rings is 1. The molecule has 1 aromatic rings. The van der Waals surface area contributed by atoms with E-state index in [1.165, 1.54) is 0 Å². The Hall–Kier alpha value is -1.39. The van der Waals surface area contributed by atoms with Crippen molar-refractivity contribution >= 4 is 24.1 Å². The maximum absolute atomic E-state index is 11.5. The number of Topliss-reactive ketones (excluding diaryl/α,β-unsaturated/α-hetero) is 1. The second-order valence-corrected chi connectivity index (χ2v) is 3.40. The Kier molecular flexibility index (Phi) is 7.18. The topological polar surface area (TPSA) is 72.2 Å². The molecule has 0 saturated heterocycles. The van der Waals surface area contributed by atoms with Gasteiger partial charge in [0.25, 0.3) is 5.91 Å².